The van der Waals surface area contributed by atoms with Crippen LogP contribution in [0.15, 0.2) is 18.2 Å². The number of amides is 3. The third-order valence-corrected chi connectivity index (χ3v) is 3.96. The molecule has 1 heterocycles. The van der Waals surface area contributed by atoms with Crippen LogP contribution < -0.4 is 5.32 Å². The van der Waals surface area contributed by atoms with Gasteiger partial charge in [-0.1, -0.05) is 25.5 Å². The molecule has 3 amide bonds. The van der Waals surface area contributed by atoms with Crippen LogP contribution >= 0.6 is 0 Å². The highest BCUT2D eigenvalue weighted by atomic mass is 16.5. The van der Waals surface area contributed by atoms with E-state index in [4.69, 9.17) is 4.74 Å². The Balaban J connectivity index is 1.75. The fourth-order valence-corrected chi connectivity index (χ4v) is 2.58. The Bertz CT molecular complexity index is 727. The van der Waals surface area contributed by atoms with E-state index < -0.39 is 5.97 Å². The summed E-state index contributed by atoms with van der Waals surface area (Å²) in [7, 11) is 0. The summed E-state index contributed by atoms with van der Waals surface area (Å²) in [5.74, 6) is -1.24. The molecule has 2 rings (SSSR count). The lowest BCUT2D eigenvalue weighted by atomic mass is 10.1. The number of fused-ring (bicyclic) bond motifs is 1. The van der Waals surface area contributed by atoms with Crippen LogP contribution in [0, 0.1) is 12.8 Å². The lowest BCUT2D eigenvalue weighted by Crippen LogP contribution is -2.32. The molecule has 0 aliphatic carbocycles. The zero-order chi connectivity index (χ0) is 19.3. The van der Waals surface area contributed by atoms with E-state index in [1.165, 1.54) is 0 Å². The molecule has 1 aliphatic heterocycles. The zero-order valence-corrected chi connectivity index (χ0v) is 15.3. The summed E-state index contributed by atoms with van der Waals surface area (Å²) in [5.41, 5.74) is 1.70. The van der Waals surface area contributed by atoms with Gasteiger partial charge < -0.3 is 10.1 Å². The van der Waals surface area contributed by atoms with Crippen LogP contribution in [0.25, 0.3) is 0 Å². The van der Waals surface area contributed by atoms with Gasteiger partial charge in [0.25, 0.3) is 17.7 Å². The van der Waals surface area contributed by atoms with E-state index in [0.29, 0.717) is 23.6 Å². The number of esters is 1. The molecular formula is C19H24N2O5. The Morgan fingerprint density at radius 2 is 1.85 bits per heavy atom. The van der Waals surface area contributed by atoms with Crippen LogP contribution in [0.2, 0.25) is 0 Å². The molecule has 0 spiro atoms. The molecule has 140 valence electrons. The Morgan fingerprint density at radius 3 is 2.54 bits per heavy atom. The van der Waals surface area contributed by atoms with E-state index in [9.17, 15) is 19.2 Å². The van der Waals surface area contributed by atoms with Crippen molar-refractivity contribution in [1.29, 1.82) is 0 Å². The van der Waals surface area contributed by atoms with Gasteiger partial charge in [-0.05, 0) is 31.4 Å². The maximum Gasteiger partial charge on any atom is 0.306 e. The van der Waals surface area contributed by atoms with Crippen LogP contribution in [0.1, 0.15) is 53.0 Å². The first kappa shape index (κ1) is 19.6. The number of hydrogen-bond acceptors (Lipinski definition) is 5. The molecule has 1 N–H and O–H groups in total. The second-order valence-electron chi connectivity index (χ2n) is 6.77. The van der Waals surface area contributed by atoms with Crippen molar-refractivity contribution < 1.29 is 23.9 Å². The SMILES string of the molecule is Cc1ccc2c(c1)C(=O)N(CCCC(=O)OCC(=O)NCC(C)C)C2=O. The first-order valence-electron chi connectivity index (χ1n) is 8.68. The van der Waals surface area contributed by atoms with Gasteiger partial charge in [0.2, 0.25) is 0 Å². The molecule has 1 aromatic carbocycles. The molecule has 7 heteroatoms. The highest BCUT2D eigenvalue weighted by Crippen LogP contribution is 2.24. The van der Waals surface area contributed by atoms with Crippen molar-refractivity contribution in [2.24, 2.45) is 5.92 Å². The van der Waals surface area contributed by atoms with Crippen LogP contribution in [0.4, 0.5) is 0 Å². The molecule has 0 atom stereocenters. The number of nitrogens with one attached hydrogen (secondary N) is 1. The van der Waals surface area contributed by atoms with Crippen molar-refractivity contribution >= 4 is 23.7 Å². The molecule has 0 fully saturated rings. The normalized spacial score (nSPS) is 13.2. The lowest BCUT2D eigenvalue weighted by molar-refractivity contribution is -0.148. The van der Waals surface area contributed by atoms with Crippen molar-refractivity contribution in [3.05, 3.63) is 34.9 Å². The average Bonchev–Trinajstić information content (AvgIpc) is 2.82. The number of rotatable bonds is 8. The van der Waals surface area contributed by atoms with Crippen LogP contribution in [-0.4, -0.2) is 48.3 Å². The van der Waals surface area contributed by atoms with Gasteiger partial charge in [0.05, 0.1) is 11.1 Å². The summed E-state index contributed by atoms with van der Waals surface area (Å²) in [6.07, 6.45) is 0.320. The van der Waals surface area contributed by atoms with Crippen LogP contribution in [-0.2, 0) is 14.3 Å². The van der Waals surface area contributed by atoms with E-state index in [2.05, 4.69) is 5.32 Å². The second kappa shape index (κ2) is 8.60. The molecule has 0 aromatic heterocycles. The van der Waals surface area contributed by atoms with Crippen molar-refractivity contribution in [3.63, 3.8) is 0 Å². The highest BCUT2D eigenvalue weighted by Gasteiger charge is 2.34. The van der Waals surface area contributed by atoms with E-state index in [-0.39, 0.29) is 43.7 Å². The molecule has 1 aliphatic rings. The van der Waals surface area contributed by atoms with Crippen molar-refractivity contribution in [1.82, 2.24) is 10.2 Å². The highest BCUT2D eigenvalue weighted by molar-refractivity contribution is 6.21. The maximum atomic E-state index is 12.3. The Hall–Kier alpha value is -2.70. The summed E-state index contributed by atoms with van der Waals surface area (Å²) in [5, 5.41) is 2.65. The first-order chi connectivity index (χ1) is 12.3. The molecule has 0 unspecified atom stereocenters. The predicted octanol–water partition coefficient (Wildman–Crippen LogP) is 1.69. The van der Waals surface area contributed by atoms with Crippen molar-refractivity contribution in [3.8, 4) is 0 Å². The van der Waals surface area contributed by atoms with Gasteiger partial charge in [-0.15, -0.1) is 0 Å². The molecule has 0 bridgehead atoms. The topological polar surface area (TPSA) is 92.8 Å². The predicted molar refractivity (Wildman–Crippen MR) is 94.6 cm³/mol. The first-order valence-corrected chi connectivity index (χ1v) is 8.68. The largest absolute Gasteiger partial charge is 0.456 e. The van der Waals surface area contributed by atoms with E-state index in [1.54, 1.807) is 18.2 Å². The summed E-state index contributed by atoms with van der Waals surface area (Å²) in [4.78, 5) is 48.9. The molecular weight excluding hydrogens is 336 g/mol. The third-order valence-electron chi connectivity index (χ3n) is 3.96. The standard InChI is InChI=1S/C19H24N2O5/c1-12(2)10-20-16(22)11-26-17(23)5-4-8-21-18(24)14-7-6-13(3)9-15(14)19(21)25/h6-7,9,12H,4-5,8,10-11H2,1-3H3,(H,20,22). The van der Waals surface area contributed by atoms with Crippen molar-refractivity contribution in [2.75, 3.05) is 19.7 Å². The monoisotopic (exact) mass is 360 g/mol. The summed E-state index contributed by atoms with van der Waals surface area (Å²) < 4.78 is 4.89. The Morgan fingerprint density at radius 1 is 1.15 bits per heavy atom. The number of benzene rings is 1. The van der Waals surface area contributed by atoms with Gasteiger partial charge in [-0.2, -0.15) is 0 Å². The average molecular weight is 360 g/mol. The van der Waals surface area contributed by atoms with E-state index in [0.717, 1.165) is 10.5 Å². The maximum absolute atomic E-state index is 12.3. The fourth-order valence-electron chi connectivity index (χ4n) is 2.58. The smallest absolute Gasteiger partial charge is 0.306 e. The van der Waals surface area contributed by atoms with Gasteiger partial charge in [0.15, 0.2) is 6.61 Å². The number of nitrogens with zero attached hydrogens (tertiary/aromatic N) is 1. The molecule has 0 saturated heterocycles. The summed E-state index contributed by atoms with van der Waals surface area (Å²) in [6, 6.07) is 5.13. The summed E-state index contributed by atoms with van der Waals surface area (Å²) in [6.45, 7) is 6.13. The molecule has 1 aromatic rings. The number of carbonyl (C=O) groups is 4. The number of carbonyl (C=O) groups excluding carboxylic acids is 4. The minimum atomic E-state index is -0.530. The quantitative estimate of drug-likeness (QED) is 0.562. The third kappa shape index (κ3) is 4.91. The number of ether oxygens (including phenoxy) is 1. The molecule has 7 nitrogen and oxygen atoms in total. The van der Waals surface area contributed by atoms with E-state index in [1.807, 2.05) is 20.8 Å². The number of hydrogen-bond donors (Lipinski definition) is 1. The van der Waals surface area contributed by atoms with Crippen LogP contribution in [0.5, 0.6) is 0 Å². The lowest BCUT2D eigenvalue weighted by Gasteiger charge is -2.13. The number of imide groups is 1. The van der Waals surface area contributed by atoms with E-state index >= 15 is 0 Å². The Labute approximate surface area is 152 Å². The summed E-state index contributed by atoms with van der Waals surface area (Å²) >= 11 is 0. The fraction of sp³-hybridized carbons (Fsp3) is 0.474. The second-order valence-corrected chi connectivity index (χ2v) is 6.77. The minimum Gasteiger partial charge on any atom is -0.456 e. The molecule has 0 radical (unpaired) electrons. The molecule has 26 heavy (non-hydrogen) atoms. The van der Waals surface area contributed by atoms with Crippen LogP contribution in [0.3, 0.4) is 0 Å². The van der Waals surface area contributed by atoms with Gasteiger partial charge in [-0.25, -0.2) is 0 Å². The van der Waals surface area contributed by atoms with Crippen molar-refractivity contribution in [2.45, 2.75) is 33.6 Å². The van der Waals surface area contributed by atoms with Gasteiger partial charge in [0, 0.05) is 19.5 Å². The van der Waals surface area contributed by atoms with Gasteiger partial charge >= 0.3 is 5.97 Å². The minimum absolute atomic E-state index is 0.0316. The van der Waals surface area contributed by atoms with Gasteiger partial charge in [-0.3, -0.25) is 24.1 Å². The zero-order valence-electron chi connectivity index (χ0n) is 15.3. The molecule has 0 saturated carbocycles. The van der Waals surface area contributed by atoms with Gasteiger partial charge in [0.1, 0.15) is 0 Å². The number of aryl methyl sites for hydroxylation is 1. The Kier molecular flexibility index (Phi) is 6.49.